The number of hydrogen-bond acceptors (Lipinski definition) is 10. The maximum atomic E-state index is 16.2. The van der Waals surface area contributed by atoms with E-state index in [4.69, 9.17) is 5.73 Å². The minimum Gasteiger partial charge on any atom is -0.510 e. The molecule has 0 saturated carbocycles. The molecule has 0 spiro atoms. The van der Waals surface area contributed by atoms with Crippen molar-refractivity contribution in [2.75, 3.05) is 32.5 Å². The van der Waals surface area contributed by atoms with Gasteiger partial charge in [-0.1, -0.05) is 6.92 Å². The van der Waals surface area contributed by atoms with E-state index in [0.29, 0.717) is 19.5 Å². The summed E-state index contributed by atoms with van der Waals surface area (Å²) in [6.07, 6.45) is 1.20. The van der Waals surface area contributed by atoms with Crippen LogP contribution in [0.3, 0.4) is 0 Å². The number of hydrogen-bond donors (Lipinski definition) is 7. The first-order valence-corrected chi connectivity index (χ1v) is 13.1. The van der Waals surface area contributed by atoms with E-state index in [-0.39, 0.29) is 46.8 Å². The summed E-state index contributed by atoms with van der Waals surface area (Å²) in [5, 5.41) is 51.3. The average molecular weight is 545 g/mol. The first kappa shape index (κ1) is 27.1. The van der Waals surface area contributed by atoms with Crippen molar-refractivity contribution in [2.45, 2.75) is 50.3 Å². The monoisotopic (exact) mass is 544 g/mol. The van der Waals surface area contributed by atoms with Gasteiger partial charge in [-0.2, -0.15) is 0 Å². The number of amides is 1. The number of aliphatic hydroxyl groups excluding tert-OH is 2. The van der Waals surface area contributed by atoms with Crippen molar-refractivity contribution in [1.29, 1.82) is 0 Å². The van der Waals surface area contributed by atoms with E-state index in [1.54, 1.807) is 14.1 Å². The molecule has 1 aromatic carbocycles. The molecule has 0 bridgehead atoms. The van der Waals surface area contributed by atoms with E-state index in [1.807, 2.05) is 6.92 Å². The van der Waals surface area contributed by atoms with E-state index in [9.17, 15) is 34.8 Å². The molecule has 5 atom stereocenters. The number of allylic oxidation sites excluding steroid dienone is 1. The Balaban J connectivity index is 1.70. The number of aromatic hydroxyl groups is 1. The van der Waals surface area contributed by atoms with E-state index in [2.05, 4.69) is 10.6 Å². The lowest BCUT2D eigenvalue weighted by Gasteiger charge is -2.50. The second-order valence-corrected chi connectivity index (χ2v) is 11.0. The van der Waals surface area contributed by atoms with Gasteiger partial charge in [-0.25, -0.2) is 4.39 Å². The standard InChI is InChI=1S/C27H33FN4O7/c1-4-6-30-13-5-7-31-19-16(13)18(28)11-8-10-9-12-20(32(2)3)23(35)17(26(29)38)25(37)27(12,39)24(36)14(10)21(33)15(11)22(19)34/h10,12-13,20,30-31,34-36,39H,4-9H2,1-3H3,(H2,29,38)/t10-,12-,13?,20-,27-/m0/s1. The predicted octanol–water partition coefficient (Wildman–Crippen LogP) is 1.12. The lowest BCUT2D eigenvalue weighted by molar-refractivity contribution is -0.148. The third-order valence-electron chi connectivity index (χ3n) is 8.59. The van der Waals surface area contributed by atoms with Crippen LogP contribution in [0.15, 0.2) is 22.7 Å². The molecule has 3 aliphatic carbocycles. The van der Waals surface area contributed by atoms with E-state index in [0.717, 1.165) is 6.42 Å². The largest absolute Gasteiger partial charge is 0.510 e. The van der Waals surface area contributed by atoms with Gasteiger partial charge in [0.25, 0.3) is 5.91 Å². The molecular formula is C27H33FN4O7. The number of phenolic OH excluding ortho intramolecular Hbond substituents is 1. The number of phenols is 1. The smallest absolute Gasteiger partial charge is 0.255 e. The molecule has 1 unspecified atom stereocenters. The second kappa shape index (κ2) is 9.32. The van der Waals surface area contributed by atoms with Crippen molar-refractivity contribution < 1.29 is 39.2 Å². The molecular weight excluding hydrogens is 511 g/mol. The third-order valence-corrected chi connectivity index (χ3v) is 8.59. The molecule has 12 heteroatoms. The number of nitrogens with zero attached hydrogens (tertiary/aromatic N) is 1. The van der Waals surface area contributed by atoms with Crippen molar-refractivity contribution in [3.63, 3.8) is 0 Å². The topological polar surface area (TPSA) is 185 Å². The SMILES string of the molecule is CCCNC1CCNc2c(O)c3c(c(F)c21)C[C@H]1C[C@H]2[C@H](N(C)C)C(O)=C(C(N)=O)C(=O)[C@@]2(O)C(O)=C1C3=O. The number of primary amides is 1. The first-order chi connectivity index (χ1) is 18.4. The van der Waals surface area contributed by atoms with Gasteiger partial charge in [-0.05, 0) is 52.2 Å². The number of fused-ring (bicyclic) bond motifs is 4. The molecule has 39 heavy (non-hydrogen) atoms. The molecule has 0 fully saturated rings. The van der Waals surface area contributed by atoms with Gasteiger partial charge in [-0.15, -0.1) is 0 Å². The highest BCUT2D eigenvalue weighted by Crippen LogP contribution is 2.54. The number of aliphatic hydroxyl groups is 3. The van der Waals surface area contributed by atoms with E-state index in [1.165, 1.54) is 4.90 Å². The van der Waals surface area contributed by atoms with Crippen LogP contribution in [0.1, 0.15) is 53.7 Å². The van der Waals surface area contributed by atoms with Crippen molar-refractivity contribution >= 4 is 23.2 Å². The van der Waals surface area contributed by atoms with Gasteiger partial charge in [0.1, 0.15) is 22.9 Å². The van der Waals surface area contributed by atoms with Crippen molar-refractivity contribution in [2.24, 2.45) is 17.6 Å². The highest BCUT2D eigenvalue weighted by molar-refractivity contribution is 6.25. The van der Waals surface area contributed by atoms with Gasteiger partial charge in [0, 0.05) is 35.2 Å². The molecule has 1 aromatic rings. The van der Waals surface area contributed by atoms with Gasteiger partial charge in [0.2, 0.25) is 5.78 Å². The zero-order chi connectivity index (χ0) is 28.5. The number of nitrogens with one attached hydrogen (secondary N) is 2. The lowest BCUT2D eigenvalue weighted by Crippen LogP contribution is -2.63. The van der Waals surface area contributed by atoms with Crippen LogP contribution in [0.25, 0.3) is 0 Å². The van der Waals surface area contributed by atoms with Crippen LogP contribution < -0.4 is 16.4 Å². The summed E-state index contributed by atoms with van der Waals surface area (Å²) >= 11 is 0. The predicted molar refractivity (Wildman–Crippen MR) is 138 cm³/mol. The number of likely N-dealkylation sites (N-methyl/N-ethyl adjacent to an activating group) is 1. The van der Waals surface area contributed by atoms with Crippen LogP contribution in [-0.4, -0.2) is 81.6 Å². The summed E-state index contributed by atoms with van der Waals surface area (Å²) in [4.78, 5) is 40.7. The van der Waals surface area contributed by atoms with Crippen LogP contribution in [-0.2, 0) is 16.0 Å². The Hall–Kier alpha value is -3.48. The van der Waals surface area contributed by atoms with Gasteiger partial charge >= 0.3 is 0 Å². The number of carbonyl (C=O) groups is 3. The number of ketones is 2. The Morgan fingerprint density at radius 1 is 1.26 bits per heavy atom. The number of halogens is 1. The Kier molecular flexibility index (Phi) is 6.47. The number of anilines is 1. The minimum absolute atomic E-state index is 0.00336. The minimum atomic E-state index is -2.74. The first-order valence-electron chi connectivity index (χ1n) is 13.1. The van der Waals surface area contributed by atoms with Gasteiger partial charge in [-0.3, -0.25) is 19.3 Å². The summed E-state index contributed by atoms with van der Waals surface area (Å²) in [7, 11) is 3.10. The molecule has 11 nitrogen and oxygen atoms in total. The quantitative estimate of drug-likeness (QED) is 0.209. The Morgan fingerprint density at radius 2 is 1.95 bits per heavy atom. The molecule has 1 heterocycles. The fourth-order valence-corrected chi connectivity index (χ4v) is 6.88. The van der Waals surface area contributed by atoms with Crippen LogP contribution in [0, 0.1) is 17.7 Å². The van der Waals surface area contributed by atoms with Gasteiger partial charge in [0.15, 0.2) is 17.1 Å². The van der Waals surface area contributed by atoms with Crippen molar-refractivity contribution in [3.05, 3.63) is 45.2 Å². The average Bonchev–Trinajstić information content (AvgIpc) is 2.87. The van der Waals surface area contributed by atoms with Crippen LogP contribution in [0.2, 0.25) is 0 Å². The van der Waals surface area contributed by atoms with Gasteiger partial charge < -0.3 is 36.8 Å². The number of benzene rings is 1. The Morgan fingerprint density at radius 3 is 2.56 bits per heavy atom. The molecule has 0 radical (unpaired) electrons. The molecule has 0 saturated heterocycles. The zero-order valence-electron chi connectivity index (χ0n) is 22.0. The van der Waals surface area contributed by atoms with Crippen LogP contribution in [0.5, 0.6) is 5.75 Å². The van der Waals surface area contributed by atoms with E-state index >= 15 is 4.39 Å². The fraction of sp³-hybridized carbons (Fsp3) is 0.519. The maximum Gasteiger partial charge on any atom is 0.255 e. The van der Waals surface area contributed by atoms with Crippen LogP contribution >= 0.6 is 0 Å². The molecule has 5 rings (SSSR count). The maximum absolute atomic E-state index is 16.2. The second-order valence-electron chi connectivity index (χ2n) is 11.0. The van der Waals surface area contributed by atoms with Crippen LogP contribution in [0.4, 0.5) is 10.1 Å². The number of carbonyl (C=O) groups excluding carboxylic acids is 3. The number of rotatable bonds is 5. The fourth-order valence-electron chi connectivity index (χ4n) is 6.88. The lowest BCUT2D eigenvalue weighted by atomic mass is 9.58. The van der Waals surface area contributed by atoms with E-state index < -0.39 is 69.6 Å². The Bertz CT molecular complexity index is 1370. The number of nitrogens with two attached hydrogens (primary N) is 1. The number of Topliss-reactive ketones (excluding diaryl/α,β-unsaturated/α-hetero) is 2. The van der Waals surface area contributed by atoms with Crippen molar-refractivity contribution in [1.82, 2.24) is 10.2 Å². The molecule has 210 valence electrons. The zero-order valence-corrected chi connectivity index (χ0v) is 22.0. The normalized spacial score (nSPS) is 30.0. The summed E-state index contributed by atoms with van der Waals surface area (Å²) in [5.41, 5.74) is 1.41. The molecule has 8 N–H and O–H groups in total. The Labute approximate surface area is 224 Å². The molecule has 0 aromatic heterocycles. The molecule has 1 amide bonds. The summed E-state index contributed by atoms with van der Waals surface area (Å²) in [6.45, 7) is 3.04. The summed E-state index contributed by atoms with van der Waals surface area (Å²) in [5.74, 6) is -8.24. The third kappa shape index (κ3) is 3.61. The highest BCUT2D eigenvalue weighted by atomic mass is 19.1. The highest BCUT2D eigenvalue weighted by Gasteiger charge is 2.63. The summed E-state index contributed by atoms with van der Waals surface area (Å²) < 4.78 is 16.2. The summed E-state index contributed by atoms with van der Waals surface area (Å²) in [6, 6.07) is -1.48. The molecule has 4 aliphatic rings. The van der Waals surface area contributed by atoms with Crippen molar-refractivity contribution in [3.8, 4) is 5.75 Å². The van der Waals surface area contributed by atoms with Gasteiger partial charge in [0.05, 0.1) is 17.3 Å². The molecule has 1 aliphatic heterocycles.